The van der Waals surface area contributed by atoms with Crippen molar-refractivity contribution in [3.05, 3.63) is 42.1 Å². The number of aromatic hydroxyl groups is 1. The van der Waals surface area contributed by atoms with E-state index >= 15 is 0 Å². The monoisotopic (exact) mass is 270 g/mol. The van der Waals surface area contributed by atoms with Crippen LogP contribution < -0.4 is 10.5 Å². The van der Waals surface area contributed by atoms with Crippen molar-refractivity contribution in [2.75, 3.05) is 5.73 Å². The van der Waals surface area contributed by atoms with Gasteiger partial charge in [-0.15, -0.1) is 0 Å². The quantitative estimate of drug-likeness (QED) is 0.822. The number of halogens is 3. The van der Waals surface area contributed by atoms with Crippen LogP contribution in [0.2, 0.25) is 0 Å². The average molecular weight is 270 g/mol. The second kappa shape index (κ2) is 4.68. The number of benzene rings is 1. The van der Waals surface area contributed by atoms with Crippen molar-refractivity contribution >= 4 is 5.69 Å². The summed E-state index contributed by atoms with van der Waals surface area (Å²) in [6.07, 6.45) is -3.12. The third kappa shape index (κ3) is 2.87. The summed E-state index contributed by atoms with van der Waals surface area (Å²) in [5.41, 5.74) is 4.44. The Kier molecular flexibility index (Phi) is 3.20. The lowest BCUT2D eigenvalue weighted by atomic mass is 10.2. The van der Waals surface area contributed by atoms with Gasteiger partial charge in [-0.3, -0.25) is 0 Å². The number of nitrogens with zero attached hydrogens (tertiary/aromatic N) is 1. The number of nitrogens with two attached hydrogens (primary N) is 1. The molecule has 2 rings (SSSR count). The van der Waals surface area contributed by atoms with Crippen molar-refractivity contribution in [1.29, 1.82) is 0 Å². The van der Waals surface area contributed by atoms with Crippen molar-refractivity contribution in [1.82, 2.24) is 4.98 Å². The summed E-state index contributed by atoms with van der Waals surface area (Å²) < 4.78 is 42.5. The molecule has 4 nitrogen and oxygen atoms in total. The Balaban J connectivity index is 2.30. The topological polar surface area (TPSA) is 68.4 Å². The summed E-state index contributed by atoms with van der Waals surface area (Å²) in [5.74, 6) is -0.355. The van der Waals surface area contributed by atoms with Crippen LogP contribution in [0.15, 0.2) is 36.5 Å². The minimum absolute atomic E-state index is 0.00830. The van der Waals surface area contributed by atoms with Gasteiger partial charge in [0.15, 0.2) is 11.5 Å². The van der Waals surface area contributed by atoms with E-state index in [0.29, 0.717) is 0 Å². The van der Waals surface area contributed by atoms with Crippen LogP contribution in [0.4, 0.5) is 18.9 Å². The molecule has 0 amide bonds. The van der Waals surface area contributed by atoms with Crippen LogP contribution in [0.3, 0.4) is 0 Å². The predicted molar refractivity (Wildman–Crippen MR) is 61.8 cm³/mol. The van der Waals surface area contributed by atoms with Crippen molar-refractivity contribution < 1.29 is 23.0 Å². The molecule has 0 saturated heterocycles. The third-order valence-electron chi connectivity index (χ3n) is 2.31. The number of alkyl halides is 3. The van der Waals surface area contributed by atoms with E-state index in [9.17, 15) is 18.3 Å². The number of nitrogen functional groups attached to an aromatic ring is 1. The maximum atomic E-state index is 12.4. The first-order chi connectivity index (χ1) is 8.88. The Labute approximate surface area is 106 Å². The normalized spacial score (nSPS) is 11.3. The fraction of sp³-hybridized carbons (Fsp3) is 0.0833. The highest BCUT2D eigenvalue weighted by molar-refractivity contribution is 5.56. The molecule has 100 valence electrons. The van der Waals surface area contributed by atoms with Crippen molar-refractivity contribution in [2.24, 2.45) is 0 Å². The first kappa shape index (κ1) is 13.0. The van der Waals surface area contributed by atoms with E-state index in [1.165, 1.54) is 18.3 Å². The first-order valence-corrected chi connectivity index (χ1v) is 5.16. The molecule has 0 unspecified atom stereocenters. The predicted octanol–water partition coefficient (Wildman–Crippen LogP) is 3.18. The summed E-state index contributed by atoms with van der Waals surface area (Å²) in [6, 6.07) is 5.63. The highest BCUT2D eigenvalue weighted by atomic mass is 19.4. The van der Waals surface area contributed by atoms with Gasteiger partial charge in [0.25, 0.3) is 5.88 Å². The zero-order chi connectivity index (χ0) is 14.0. The number of hydrogen-bond acceptors (Lipinski definition) is 4. The number of ether oxygens (including phenoxy) is 1. The summed E-state index contributed by atoms with van der Waals surface area (Å²) in [4.78, 5) is 3.57. The van der Waals surface area contributed by atoms with E-state index in [1.807, 2.05) is 0 Å². The van der Waals surface area contributed by atoms with Gasteiger partial charge < -0.3 is 15.6 Å². The summed E-state index contributed by atoms with van der Waals surface area (Å²) in [7, 11) is 0. The van der Waals surface area contributed by atoms with E-state index in [-0.39, 0.29) is 23.1 Å². The van der Waals surface area contributed by atoms with E-state index < -0.39 is 11.7 Å². The number of rotatable bonds is 2. The standard InChI is InChI=1S/C12H9F3N2O2/c13-12(14,15)7-3-4-9(8(16)6-7)19-10-2-1-5-17-11(10)18/h1-6H,16H2,(H,17,18). The number of hydrogen-bond donors (Lipinski definition) is 2. The van der Waals surface area contributed by atoms with Crippen LogP contribution >= 0.6 is 0 Å². The highest BCUT2D eigenvalue weighted by Crippen LogP contribution is 2.36. The molecule has 0 spiro atoms. The lowest BCUT2D eigenvalue weighted by Crippen LogP contribution is -2.06. The second-order valence-corrected chi connectivity index (χ2v) is 3.68. The fourth-order valence-corrected chi connectivity index (χ4v) is 1.40. The van der Waals surface area contributed by atoms with Crippen LogP contribution in [0.25, 0.3) is 0 Å². The van der Waals surface area contributed by atoms with Crippen molar-refractivity contribution in [2.45, 2.75) is 6.18 Å². The first-order valence-electron chi connectivity index (χ1n) is 5.16. The Hall–Kier alpha value is -2.44. The van der Waals surface area contributed by atoms with E-state index in [4.69, 9.17) is 10.5 Å². The Morgan fingerprint density at radius 2 is 1.89 bits per heavy atom. The average Bonchev–Trinajstić information content (AvgIpc) is 2.33. The maximum Gasteiger partial charge on any atom is 0.416 e. The van der Waals surface area contributed by atoms with Gasteiger partial charge in [0.1, 0.15) is 0 Å². The minimum Gasteiger partial charge on any atom is -0.491 e. The van der Waals surface area contributed by atoms with Gasteiger partial charge in [-0.2, -0.15) is 13.2 Å². The third-order valence-corrected chi connectivity index (χ3v) is 2.31. The molecule has 0 aliphatic heterocycles. The SMILES string of the molecule is Nc1cc(C(F)(F)F)ccc1Oc1cccnc1O. The molecule has 19 heavy (non-hydrogen) atoms. The largest absolute Gasteiger partial charge is 0.491 e. The number of pyridine rings is 1. The Morgan fingerprint density at radius 1 is 1.16 bits per heavy atom. The van der Waals surface area contributed by atoms with Gasteiger partial charge in [0, 0.05) is 6.20 Å². The van der Waals surface area contributed by atoms with Crippen LogP contribution in [-0.4, -0.2) is 10.1 Å². The smallest absolute Gasteiger partial charge is 0.416 e. The molecule has 1 heterocycles. The van der Waals surface area contributed by atoms with E-state index in [0.717, 1.165) is 18.2 Å². The van der Waals surface area contributed by atoms with Crippen molar-refractivity contribution in [3.8, 4) is 17.4 Å². The molecule has 0 saturated carbocycles. The molecular weight excluding hydrogens is 261 g/mol. The van der Waals surface area contributed by atoms with Gasteiger partial charge in [0.2, 0.25) is 0 Å². The zero-order valence-electron chi connectivity index (χ0n) is 9.48. The molecule has 7 heteroatoms. The van der Waals surface area contributed by atoms with Gasteiger partial charge >= 0.3 is 6.18 Å². The summed E-state index contributed by atoms with van der Waals surface area (Å²) in [5, 5.41) is 9.39. The molecule has 1 aromatic carbocycles. The molecule has 0 aliphatic carbocycles. The van der Waals surface area contributed by atoms with Gasteiger partial charge in [-0.05, 0) is 30.3 Å². The summed E-state index contributed by atoms with van der Waals surface area (Å²) >= 11 is 0. The van der Waals surface area contributed by atoms with Gasteiger partial charge in [-0.25, -0.2) is 4.98 Å². The lowest BCUT2D eigenvalue weighted by Gasteiger charge is -2.12. The highest BCUT2D eigenvalue weighted by Gasteiger charge is 2.31. The van der Waals surface area contributed by atoms with Crippen LogP contribution in [-0.2, 0) is 6.18 Å². The maximum absolute atomic E-state index is 12.4. The van der Waals surface area contributed by atoms with Crippen LogP contribution in [0, 0.1) is 0 Å². The Morgan fingerprint density at radius 3 is 2.47 bits per heavy atom. The minimum atomic E-state index is -4.47. The molecule has 0 fully saturated rings. The Bertz CT molecular complexity index is 600. The molecule has 0 radical (unpaired) electrons. The summed E-state index contributed by atoms with van der Waals surface area (Å²) in [6.45, 7) is 0. The van der Waals surface area contributed by atoms with E-state index in [1.54, 1.807) is 0 Å². The van der Waals surface area contributed by atoms with E-state index in [2.05, 4.69) is 4.98 Å². The fourth-order valence-electron chi connectivity index (χ4n) is 1.40. The number of anilines is 1. The van der Waals surface area contributed by atoms with Gasteiger partial charge in [0.05, 0.1) is 11.3 Å². The second-order valence-electron chi connectivity index (χ2n) is 3.68. The molecule has 3 N–H and O–H groups in total. The van der Waals surface area contributed by atoms with Gasteiger partial charge in [-0.1, -0.05) is 0 Å². The van der Waals surface area contributed by atoms with Crippen molar-refractivity contribution in [3.63, 3.8) is 0 Å². The zero-order valence-corrected chi connectivity index (χ0v) is 9.48. The lowest BCUT2D eigenvalue weighted by molar-refractivity contribution is -0.137. The van der Waals surface area contributed by atoms with Crippen LogP contribution in [0.5, 0.6) is 17.4 Å². The molecule has 2 aromatic rings. The van der Waals surface area contributed by atoms with Crippen LogP contribution in [0.1, 0.15) is 5.56 Å². The molecule has 1 aromatic heterocycles. The molecule has 0 bridgehead atoms. The molecular formula is C12H9F3N2O2. The number of aromatic nitrogens is 1. The molecule has 0 aliphatic rings. The molecule has 0 atom stereocenters.